The molecule has 0 unspecified atom stereocenters. The number of rotatable bonds is 5. The number of morpholine rings is 1. The van der Waals surface area contributed by atoms with Crippen molar-refractivity contribution in [1.82, 2.24) is 19.9 Å². The lowest BCUT2D eigenvalue weighted by Gasteiger charge is -2.26. The zero-order valence-electron chi connectivity index (χ0n) is 16.6. The Labute approximate surface area is 169 Å². The van der Waals surface area contributed by atoms with E-state index in [1.807, 2.05) is 0 Å². The third-order valence-corrected chi connectivity index (χ3v) is 6.95. The second-order valence-electron chi connectivity index (χ2n) is 8.03. The van der Waals surface area contributed by atoms with E-state index in [0.717, 1.165) is 73.1 Å². The molecule has 1 N–H and O–H groups in total. The Kier molecular flexibility index (Phi) is 4.90. The number of nitrogens with one attached hydrogen (secondary N) is 1. The van der Waals surface area contributed by atoms with Gasteiger partial charge in [-0.15, -0.1) is 11.3 Å². The second-order valence-corrected chi connectivity index (χ2v) is 9.02. The fourth-order valence-corrected chi connectivity index (χ4v) is 5.62. The summed E-state index contributed by atoms with van der Waals surface area (Å²) in [6.45, 7) is 10.1. The topological polar surface area (TPSA) is 63.2 Å². The smallest absolute Gasteiger partial charge is 0.147 e. The van der Waals surface area contributed by atoms with Crippen LogP contribution in [0.5, 0.6) is 0 Å². The number of hydrogen-bond acceptors (Lipinski definition) is 7. The molecule has 6 nitrogen and oxygen atoms in total. The molecular formula is C21H27N5OS. The minimum absolute atomic E-state index is 0.457. The van der Waals surface area contributed by atoms with Gasteiger partial charge in [0.15, 0.2) is 0 Å². The molecule has 1 fully saturated rings. The lowest BCUT2D eigenvalue weighted by atomic mass is 9.99. The van der Waals surface area contributed by atoms with Crippen molar-refractivity contribution in [3.63, 3.8) is 0 Å². The molecule has 1 aliphatic carbocycles. The van der Waals surface area contributed by atoms with E-state index >= 15 is 0 Å². The van der Waals surface area contributed by atoms with Gasteiger partial charge in [0.25, 0.3) is 0 Å². The van der Waals surface area contributed by atoms with Gasteiger partial charge < -0.3 is 10.1 Å². The number of ether oxygens (including phenoxy) is 1. The number of thiophene rings is 1. The molecule has 5 rings (SSSR count). The summed E-state index contributed by atoms with van der Waals surface area (Å²) in [4.78, 5) is 17.9. The highest BCUT2D eigenvalue weighted by Crippen LogP contribution is 2.42. The molecule has 2 aliphatic rings. The Morgan fingerprint density at radius 1 is 1.18 bits per heavy atom. The molecule has 4 heterocycles. The fourth-order valence-electron chi connectivity index (χ4n) is 4.49. The molecule has 3 aromatic heterocycles. The Bertz CT molecular complexity index is 1010. The van der Waals surface area contributed by atoms with E-state index in [1.165, 1.54) is 28.6 Å². The summed E-state index contributed by atoms with van der Waals surface area (Å²) in [5.41, 5.74) is 5.31. The van der Waals surface area contributed by atoms with Crippen LogP contribution < -0.4 is 5.32 Å². The second kappa shape index (κ2) is 7.54. The summed E-state index contributed by atoms with van der Waals surface area (Å²) in [5, 5.41) is 4.82. The lowest BCUT2D eigenvalue weighted by molar-refractivity contribution is 0.0398. The number of fused-ring (bicyclic) bond motifs is 5. The minimum atomic E-state index is 0.457. The minimum Gasteiger partial charge on any atom is -0.379 e. The van der Waals surface area contributed by atoms with E-state index in [2.05, 4.69) is 34.0 Å². The third-order valence-electron chi connectivity index (χ3n) is 5.88. The predicted molar refractivity (Wildman–Crippen MR) is 115 cm³/mol. The van der Waals surface area contributed by atoms with Crippen molar-refractivity contribution < 1.29 is 4.74 Å². The summed E-state index contributed by atoms with van der Waals surface area (Å²) < 4.78 is 6.57. The highest BCUT2D eigenvalue weighted by molar-refractivity contribution is 7.26. The molecule has 148 valence electrons. The van der Waals surface area contributed by atoms with Crippen LogP contribution in [0.1, 0.15) is 43.0 Å². The van der Waals surface area contributed by atoms with Crippen LogP contribution >= 0.6 is 11.3 Å². The molecule has 0 spiro atoms. The quantitative estimate of drug-likeness (QED) is 0.710. The average Bonchev–Trinajstić information content (AvgIpc) is 3.32. The molecule has 3 aromatic rings. The maximum atomic E-state index is 5.43. The number of anilines is 1. The number of aryl methyl sites for hydroxylation is 1. The molecule has 0 saturated carbocycles. The van der Waals surface area contributed by atoms with E-state index < -0.39 is 0 Å². The molecule has 1 aliphatic heterocycles. The highest BCUT2D eigenvalue weighted by Gasteiger charge is 2.25. The monoisotopic (exact) mass is 397 g/mol. The lowest BCUT2D eigenvalue weighted by Crippen LogP contribution is -2.39. The normalized spacial score (nSPS) is 17.7. The first-order valence-corrected chi connectivity index (χ1v) is 11.2. The zero-order chi connectivity index (χ0) is 19.1. The van der Waals surface area contributed by atoms with Crippen molar-refractivity contribution in [2.24, 2.45) is 0 Å². The number of hydrogen-bond donors (Lipinski definition) is 1. The van der Waals surface area contributed by atoms with Gasteiger partial charge in [-0.1, -0.05) is 13.8 Å². The summed E-state index contributed by atoms with van der Waals surface area (Å²) in [6, 6.07) is 0. The molecule has 0 bridgehead atoms. The van der Waals surface area contributed by atoms with Crippen molar-refractivity contribution in [2.75, 3.05) is 44.7 Å². The molecule has 28 heavy (non-hydrogen) atoms. The van der Waals surface area contributed by atoms with Crippen LogP contribution in [0.2, 0.25) is 0 Å². The van der Waals surface area contributed by atoms with Gasteiger partial charge in [0, 0.05) is 37.3 Å². The molecule has 0 aromatic carbocycles. The van der Waals surface area contributed by atoms with Crippen LogP contribution in [0.4, 0.5) is 5.82 Å². The molecule has 0 amide bonds. The number of pyridine rings is 1. The van der Waals surface area contributed by atoms with Gasteiger partial charge in [-0.2, -0.15) is 0 Å². The first-order chi connectivity index (χ1) is 13.7. The van der Waals surface area contributed by atoms with Gasteiger partial charge in [0.05, 0.1) is 23.4 Å². The van der Waals surface area contributed by atoms with Gasteiger partial charge in [-0.05, 0) is 36.3 Å². The molecule has 0 atom stereocenters. The van der Waals surface area contributed by atoms with E-state index in [9.17, 15) is 0 Å². The Hall–Kier alpha value is -1.83. The highest BCUT2D eigenvalue weighted by atomic mass is 32.1. The average molecular weight is 398 g/mol. The maximum Gasteiger partial charge on any atom is 0.147 e. The van der Waals surface area contributed by atoms with Crippen LogP contribution in [0, 0.1) is 0 Å². The first kappa shape index (κ1) is 18.2. The summed E-state index contributed by atoms with van der Waals surface area (Å²) in [7, 11) is 0. The fraction of sp³-hybridized carbons (Fsp3) is 0.571. The largest absolute Gasteiger partial charge is 0.379 e. The molecule has 1 saturated heterocycles. The van der Waals surface area contributed by atoms with Gasteiger partial charge in [0.1, 0.15) is 17.0 Å². The van der Waals surface area contributed by atoms with Crippen molar-refractivity contribution in [3.05, 3.63) is 23.1 Å². The van der Waals surface area contributed by atoms with Crippen LogP contribution in [-0.2, 0) is 17.6 Å². The van der Waals surface area contributed by atoms with Crippen molar-refractivity contribution in [2.45, 2.75) is 39.0 Å². The van der Waals surface area contributed by atoms with Crippen molar-refractivity contribution >= 4 is 37.6 Å². The Balaban J connectivity index is 1.50. The van der Waals surface area contributed by atoms with E-state index in [4.69, 9.17) is 9.72 Å². The summed E-state index contributed by atoms with van der Waals surface area (Å²) >= 11 is 1.74. The number of nitrogens with zero attached hydrogens (tertiary/aromatic N) is 4. The SMILES string of the molecule is CC(C)c1nc2sc3c(NCCN4CCOCC4)ncnc3c2c2c1CCC2. The summed E-state index contributed by atoms with van der Waals surface area (Å²) in [5.74, 6) is 1.40. The number of aromatic nitrogens is 3. The standard InChI is InChI=1S/C21H27N5OS/c1-13(2)17-15-5-3-4-14(15)16-18-19(28-21(16)25-17)20(24-12-23-18)22-6-7-26-8-10-27-11-9-26/h12-13H,3-11H2,1-2H3,(H,22,23,24). The Morgan fingerprint density at radius 3 is 2.82 bits per heavy atom. The summed E-state index contributed by atoms with van der Waals surface area (Å²) in [6.07, 6.45) is 5.22. The predicted octanol–water partition coefficient (Wildman–Crippen LogP) is 3.60. The van der Waals surface area contributed by atoms with Crippen LogP contribution in [0.3, 0.4) is 0 Å². The van der Waals surface area contributed by atoms with E-state index in [-0.39, 0.29) is 0 Å². The van der Waals surface area contributed by atoms with Crippen LogP contribution in [-0.4, -0.2) is 59.2 Å². The van der Waals surface area contributed by atoms with E-state index in [1.54, 1.807) is 17.7 Å². The van der Waals surface area contributed by atoms with Gasteiger partial charge in [0.2, 0.25) is 0 Å². The molecule has 0 radical (unpaired) electrons. The van der Waals surface area contributed by atoms with Crippen LogP contribution in [0.25, 0.3) is 20.4 Å². The zero-order valence-corrected chi connectivity index (χ0v) is 17.4. The van der Waals surface area contributed by atoms with Crippen molar-refractivity contribution in [1.29, 1.82) is 0 Å². The Morgan fingerprint density at radius 2 is 2.00 bits per heavy atom. The third kappa shape index (κ3) is 3.15. The molecule has 7 heteroatoms. The van der Waals surface area contributed by atoms with Gasteiger partial charge >= 0.3 is 0 Å². The first-order valence-electron chi connectivity index (χ1n) is 10.3. The van der Waals surface area contributed by atoms with E-state index in [0.29, 0.717) is 5.92 Å². The maximum absolute atomic E-state index is 5.43. The van der Waals surface area contributed by atoms with Gasteiger partial charge in [-0.3, -0.25) is 4.90 Å². The van der Waals surface area contributed by atoms with Crippen molar-refractivity contribution in [3.8, 4) is 0 Å². The van der Waals surface area contributed by atoms with Crippen LogP contribution in [0.15, 0.2) is 6.33 Å². The molecular weight excluding hydrogens is 370 g/mol. The van der Waals surface area contributed by atoms with Gasteiger partial charge in [-0.25, -0.2) is 15.0 Å².